The van der Waals surface area contributed by atoms with E-state index < -0.39 is 6.04 Å². The highest BCUT2D eigenvalue weighted by Gasteiger charge is 2.20. The molecular formula is C15H24N2O2. The second kappa shape index (κ2) is 7.92. The van der Waals surface area contributed by atoms with Crippen molar-refractivity contribution in [2.75, 3.05) is 6.61 Å². The van der Waals surface area contributed by atoms with Crippen LogP contribution in [-0.2, 0) is 11.2 Å². The van der Waals surface area contributed by atoms with Crippen LogP contribution in [0, 0.1) is 5.92 Å². The van der Waals surface area contributed by atoms with Crippen LogP contribution in [0.1, 0.15) is 25.8 Å². The van der Waals surface area contributed by atoms with Crippen LogP contribution in [0.3, 0.4) is 0 Å². The summed E-state index contributed by atoms with van der Waals surface area (Å²) in [5, 5.41) is 11.9. The second-order valence-electron chi connectivity index (χ2n) is 5.17. The molecule has 19 heavy (non-hydrogen) atoms. The van der Waals surface area contributed by atoms with Crippen LogP contribution in [-0.4, -0.2) is 29.7 Å². The molecular weight excluding hydrogens is 240 g/mol. The molecule has 0 aliphatic rings. The first-order valence-electron chi connectivity index (χ1n) is 6.75. The lowest BCUT2D eigenvalue weighted by Gasteiger charge is -2.23. The summed E-state index contributed by atoms with van der Waals surface area (Å²) in [6.45, 7) is 4.10. The van der Waals surface area contributed by atoms with Gasteiger partial charge in [0.25, 0.3) is 0 Å². The molecule has 106 valence electrons. The van der Waals surface area contributed by atoms with Crippen molar-refractivity contribution in [3.05, 3.63) is 35.9 Å². The standard InChI is InChI=1S/C15H24N2O2/c1-11(2)14(8-9-18)17-15(19)13(16)10-12-6-4-3-5-7-12/h3-7,11,13-14,18H,8-10,16H2,1-2H3,(H,17,19). The van der Waals surface area contributed by atoms with Crippen LogP contribution in [0.25, 0.3) is 0 Å². The van der Waals surface area contributed by atoms with Gasteiger partial charge in [0.05, 0.1) is 6.04 Å². The van der Waals surface area contributed by atoms with Gasteiger partial charge in [-0.3, -0.25) is 4.79 Å². The zero-order chi connectivity index (χ0) is 14.3. The molecule has 4 N–H and O–H groups in total. The molecule has 0 fully saturated rings. The first-order valence-corrected chi connectivity index (χ1v) is 6.75. The Kier molecular flexibility index (Phi) is 6.53. The second-order valence-corrected chi connectivity index (χ2v) is 5.17. The summed E-state index contributed by atoms with van der Waals surface area (Å²) in [4.78, 5) is 12.0. The van der Waals surface area contributed by atoms with E-state index in [0.717, 1.165) is 5.56 Å². The predicted octanol–water partition coefficient (Wildman–Crippen LogP) is 1.08. The van der Waals surface area contributed by atoms with Gasteiger partial charge in [0.1, 0.15) is 0 Å². The molecule has 0 saturated carbocycles. The number of hydrogen-bond donors (Lipinski definition) is 3. The minimum absolute atomic E-state index is 0.0284. The Morgan fingerprint density at radius 1 is 1.32 bits per heavy atom. The number of carbonyl (C=O) groups is 1. The number of hydrogen-bond acceptors (Lipinski definition) is 3. The van der Waals surface area contributed by atoms with Gasteiger partial charge < -0.3 is 16.2 Å². The summed E-state index contributed by atoms with van der Waals surface area (Å²) in [5.74, 6) is 0.121. The molecule has 2 atom stereocenters. The zero-order valence-corrected chi connectivity index (χ0v) is 11.7. The van der Waals surface area contributed by atoms with Gasteiger partial charge in [-0.05, 0) is 24.3 Å². The van der Waals surface area contributed by atoms with Crippen molar-refractivity contribution in [2.24, 2.45) is 11.7 Å². The lowest BCUT2D eigenvalue weighted by atomic mass is 10.00. The zero-order valence-electron chi connectivity index (χ0n) is 11.7. The number of nitrogens with two attached hydrogens (primary N) is 1. The van der Waals surface area contributed by atoms with E-state index in [4.69, 9.17) is 10.8 Å². The molecule has 4 nitrogen and oxygen atoms in total. The minimum atomic E-state index is -0.553. The third-order valence-electron chi connectivity index (χ3n) is 3.21. The first kappa shape index (κ1) is 15.7. The number of nitrogens with one attached hydrogen (secondary N) is 1. The van der Waals surface area contributed by atoms with Gasteiger partial charge in [0.15, 0.2) is 0 Å². The van der Waals surface area contributed by atoms with Crippen LogP contribution in [0.15, 0.2) is 30.3 Å². The maximum absolute atomic E-state index is 12.0. The van der Waals surface area contributed by atoms with Gasteiger partial charge in [-0.15, -0.1) is 0 Å². The van der Waals surface area contributed by atoms with Gasteiger partial charge in [0.2, 0.25) is 5.91 Å². The van der Waals surface area contributed by atoms with Crippen LogP contribution in [0.5, 0.6) is 0 Å². The summed E-state index contributed by atoms with van der Waals surface area (Å²) >= 11 is 0. The SMILES string of the molecule is CC(C)C(CCO)NC(=O)C(N)Cc1ccccc1. The summed E-state index contributed by atoms with van der Waals surface area (Å²) in [5.41, 5.74) is 6.97. The van der Waals surface area contributed by atoms with Gasteiger partial charge in [-0.1, -0.05) is 44.2 Å². The molecule has 2 unspecified atom stereocenters. The number of aliphatic hydroxyl groups is 1. The molecule has 0 aliphatic carbocycles. The monoisotopic (exact) mass is 264 g/mol. The number of benzene rings is 1. The molecule has 0 spiro atoms. The Morgan fingerprint density at radius 3 is 2.47 bits per heavy atom. The number of amides is 1. The first-order chi connectivity index (χ1) is 9.04. The van der Waals surface area contributed by atoms with Crippen LogP contribution >= 0.6 is 0 Å². The van der Waals surface area contributed by atoms with E-state index >= 15 is 0 Å². The predicted molar refractivity (Wildman–Crippen MR) is 76.6 cm³/mol. The maximum atomic E-state index is 12.0. The van der Waals surface area contributed by atoms with Crippen molar-refractivity contribution in [1.82, 2.24) is 5.32 Å². The van der Waals surface area contributed by atoms with E-state index in [2.05, 4.69) is 5.32 Å². The van der Waals surface area contributed by atoms with Gasteiger partial charge in [-0.25, -0.2) is 0 Å². The molecule has 1 aromatic carbocycles. The van der Waals surface area contributed by atoms with E-state index in [-0.39, 0.29) is 24.5 Å². The Labute approximate surface area is 115 Å². The quantitative estimate of drug-likeness (QED) is 0.690. The third kappa shape index (κ3) is 5.41. The molecule has 1 amide bonds. The van der Waals surface area contributed by atoms with E-state index in [9.17, 15) is 4.79 Å². The molecule has 1 aromatic rings. The Hall–Kier alpha value is -1.39. The minimum Gasteiger partial charge on any atom is -0.396 e. The van der Waals surface area contributed by atoms with Crippen molar-refractivity contribution in [3.63, 3.8) is 0 Å². The number of rotatable bonds is 7. The topological polar surface area (TPSA) is 75.3 Å². The summed E-state index contributed by atoms with van der Waals surface area (Å²) < 4.78 is 0. The molecule has 4 heteroatoms. The summed E-state index contributed by atoms with van der Waals surface area (Å²) in [6, 6.07) is 9.14. The van der Waals surface area contributed by atoms with Crippen LogP contribution < -0.4 is 11.1 Å². The van der Waals surface area contributed by atoms with E-state index in [1.54, 1.807) is 0 Å². The van der Waals surface area contributed by atoms with E-state index in [1.807, 2.05) is 44.2 Å². The van der Waals surface area contributed by atoms with Gasteiger partial charge in [-0.2, -0.15) is 0 Å². The molecule has 0 heterocycles. The highest BCUT2D eigenvalue weighted by Crippen LogP contribution is 2.07. The number of carbonyl (C=O) groups excluding carboxylic acids is 1. The van der Waals surface area contributed by atoms with Crippen molar-refractivity contribution in [1.29, 1.82) is 0 Å². The maximum Gasteiger partial charge on any atom is 0.237 e. The van der Waals surface area contributed by atoms with Crippen molar-refractivity contribution < 1.29 is 9.90 Å². The highest BCUT2D eigenvalue weighted by molar-refractivity contribution is 5.82. The molecule has 0 saturated heterocycles. The summed E-state index contributed by atoms with van der Waals surface area (Å²) in [7, 11) is 0. The third-order valence-corrected chi connectivity index (χ3v) is 3.21. The van der Waals surface area contributed by atoms with Gasteiger partial charge >= 0.3 is 0 Å². The van der Waals surface area contributed by atoms with Crippen LogP contribution in [0.4, 0.5) is 0 Å². The smallest absolute Gasteiger partial charge is 0.237 e. The largest absolute Gasteiger partial charge is 0.396 e. The normalized spacial score (nSPS) is 14.2. The molecule has 0 bridgehead atoms. The van der Waals surface area contributed by atoms with Gasteiger partial charge in [0, 0.05) is 12.6 Å². The molecule has 0 aliphatic heterocycles. The molecule has 0 radical (unpaired) electrons. The fourth-order valence-electron chi connectivity index (χ4n) is 1.96. The van der Waals surface area contributed by atoms with Crippen molar-refractivity contribution >= 4 is 5.91 Å². The van der Waals surface area contributed by atoms with E-state index in [0.29, 0.717) is 12.8 Å². The Morgan fingerprint density at radius 2 is 1.95 bits per heavy atom. The fraction of sp³-hybridized carbons (Fsp3) is 0.533. The molecule has 1 rings (SSSR count). The lowest BCUT2D eigenvalue weighted by Crippen LogP contribution is -2.48. The Balaban J connectivity index is 2.52. The average Bonchev–Trinajstić information content (AvgIpc) is 2.39. The van der Waals surface area contributed by atoms with Crippen LogP contribution in [0.2, 0.25) is 0 Å². The Bertz CT molecular complexity index is 379. The lowest BCUT2D eigenvalue weighted by molar-refractivity contribution is -0.123. The average molecular weight is 264 g/mol. The fourth-order valence-corrected chi connectivity index (χ4v) is 1.96. The molecule has 0 aromatic heterocycles. The van der Waals surface area contributed by atoms with Crippen molar-refractivity contribution in [2.45, 2.75) is 38.8 Å². The van der Waals surface area contributed by atoms with E-state index in [1.165, 1.54) is 0 Å². The summed E-state index contributed by atoms with van der Waals surface area (Å²) in [6.07, 6.45) is 1.08. The highest BCUT2D eigenvalue weighted by atomic mass is 16.3. The number of aliphatic hydroxyl groups excluding tert-OH is 1. The van der Waals surface area contributed by atoms with Crippen molar-refractivity contribution in [3.8, 4) is 0 Å².